The Kier molecular flexibility index (Phi) is 5.68. The standard InChI is InChI=1S/C19H19FN4O3/c1-25-17-7-5-13(9-16(17)24-27-3)23-19-10-15(21-11-22-19)14-6-4-12(20)8-18(14)26-2/h4-11,24H,1-3H3,(H,21,22,23). The van der Waals surface area contributed by atoms with Crippen molar-refractivity contribution in [1.29, 1.82) is 0 Å². The van der Waals surface area contributed by atoms with Crippen molar-refractivity contribution in [2.75, 3.05) is 32.1 Å². The molecular weight excluding hydrogens is 351 g/mol. The monoisotopic (exact) mass is 370 g/mol. The second-order valence-corrected chi connectivity index (χ2v) is 5.48. The van der Waals surface area contributed by atoms with Gasteiger partial charge in [-0.1, -0.05) is 0 Å². The molecule has 0 saturated carbocycles. The van der Waals surface area contributed by atoms with Crippen molar-refractivity contribution in [3.05, 3.63) is 54.6 Å². The lowest BCUT2D eigenvalue weighted by molar-refractivity contribution is 0.268. The van der Waals surface area contributed by atoms with Gasteiger partial charge in [-0.05, 0) is 30.3 Å². The van der Waals surface area contributed by atoms with Gasteiger partial charge in [0, 0.05) is 23.4 Å². The molecule has 0 bridgehead atoms. The molecule has 0 unspecified atom stereocenters. The Morgan fingerprint density at radius 2 is 1.70 bits per heavy atom. The van der Waals surface area contributed by atoms with Crippen LogP contribution in [0.3, 0.4) is 0 Å². The molecule has 1 aromatic heterocycles. The largest absolute Gasteiger partial charge is 0.496 e. The lowest BCUT2D eigenvalue weighted by Gasteiger charge is -2.13. The first-order chi connectivity index (χ1) is 13.1. The molecule has 0 saturated heterocycles. The number of ether oxygens (including phenoxy) is 2. The zero-order valence-electron chi connectivity index (χ0n) is 15.1. The average Bonchev–Trinajstić information content (AvgIpc) is 2.68. The maximum atomic E-state index is 13.4. The maximum absolute atomic E-state index is 13.4. The molecule has 0 aliphatic rings. The van der Waals surface area contributed by atoms with E-state index in [1.807, 2.05) is 12.1 Å². The molecule has 140 valence electrons. The van der Waals surface area contributed by atoms with E-state index in [9.17, 15) is 4.39 Å². The van der Waals surface area contributed by atoms with Crippen LogP contribution < -0.4 is 20.3 Å². The normalized spacial score (nSPS) is 10.4. The fourth-order valence-corrected chi connectivity index (χ4v) is 2.57. The van der Waals surface area contributed by atoms with Crippen LogP contribution in [0.2, 0.25) is 0 Å². The highest BCUT2D eigenvalue weighted by molar-refractivity contribution is 5.72. The predicted molar refractivity (Wildman–Crippen MR) is 101 cm³/mol. The molecule has 0 fully saturated rings. The first kappa shape index (κ1) is 18.4. The molecule has 27 heavy (non-hydrogen) atoms. The molecule has 2 aromatic carbocycles. The summed E-state index contributed by atoms with van der Waals surface area (Å²) in [5.74, 6) is 1.23. The number of halogens is 1. The molecule has 8 heteroatoms. The number of benzene rings is 2. The predicted octanol–water partition coefficient (Wildman–Crippen LogP) is 4.02. The molecule has 0 radical (unpaired) electrons. The minimum absolute atomic E-state index is 0.376. The van der Waals surface area contributed by atoms with Crippen LogP contribution in [0.1, 0.15) is 0 Å². The number of nitrogens with zero attached hydrogens (tertiary/aromatic N) is 2. The summed E-state index contributed by atoms with van der Waals surface area (Å²) in [4.78, 5) is 13.4. The Bertz CT molecular complexity index is 937. The van der Waals surface area contributed by atoms with Gasteiger partial charge < -0.3 is 14.8 Å². The quantitative estimate of drug-likeness (QED) is 0.608. The van der Waals surface area contributed by atoms with Crippen molar-refractivity contribution < 1.29 is 18.7 Å². The van der Waals surface area contributed by atoms with E-state index >= 15 is 0 Å². The number of rotatable bonds is 7. The van der Waals surface area contributed by atoms with Gasteiger partial charge in [0.15, 0.2) is 0 Å². The van der Waals surface area contributed by atoms with Crippen LogP contribution in [0, 0.1) is 5.82 Å². The zero-order valence-corrected chi connectivity index (χ0v) is 15.1. The summed E-state index contributed by atoms with van der Waals surface area (Å²) >= 11 is 0. The van der Waals surface area contributed by atoms with Crippen LogP contribution >= 0.6 is 0 Å². The number of aromatic nitrogens is 2. The van der Waals surface area contributed by atoms with Gasteiger partial charge in [0.25, 0.3) is 0 Å². The molecule has 0 spiro atoms. The minimum atomic E-state index is -0.376. The molecule has 0 aliphatic heterocycles. The summed E-state index contributed by atoms with van der Waals surface area (Å²) in [6, 6.07) is 11.5. The third-order valence-electron chi connectivity index (χ3n) is 3.79. The topological polar surface area (TPSA) is 77.5 Å². The van der Waals surface area contributed by atoms with E-state index in [-0.39, 0.29) is 5.82 Å². The molecule has 2 N–H and O–H groups in total. The number of nitrogens with one attached hydrogen (secondary N) is 2. The van der Waals surface area contributed by atoms with E-state index < -0.39 is 0 Å². The highest BCUT2D eigenvalue weighted by Crippen LogP contribution is 2.32. The lowest BCUT2D eigenvalue weighted by Crippen LogP contribution is -2.01. The van der Waals surface area contributed by atoms with E-state index in [0.717, 1.165) is 5.69 Å². The third-order valence-corrected chi connectivity index (χ3v) is 3.79. The van der Waals surface area contributed by atoms with Crippen LogP contribution in [0.15, 0.2) is 48.8 Å². The maximum Gasteiger partial charge on any atom is 0.144 e. The summed E-state index contributed by atoms with van der Waals surface area (Å²) in [5.41, 5.74) is 5.47. The first-order valence-corrected chi connectivity index (χ1v) is 8.04. The van der Waals surface area contributed by atoms with Crippen molar-refractivity contribution in [2.45, 2.75) is 0 Å². The lowest BCUT2D eigenvalue weighted by atomic mass is 10.1. The minimum Gasteiger partial charge on any atom is -0.496 e. The second-order valence-electron chi connectivity index (χ2n) is 5.48. The smallest absolute Gasteiger partial charge is 0.144 e. The fraction of sp³-hybridized carbons (Fsp3) is 0.158. The summed E-state index contributed by atoms with van der Waals surface area (Å²) in [6.07, 6.45) is 1.43. The molecule has 7 nitrogen and oxygen atoms in total. The van der Waals surface area contributed by atoms with Crippen molar-refractivity contribution >= 4 is 17.2 Å². The van der Waals surface area contributed by atoms with Crippen LogP contribution in [-0.4, -0.2) is 31.3 Å². The molecule has 3 aromatic rings. The van der Waals surface area contributed by atoms with Gasteiger partial charge >= 0.3 is 0 Å². The summed E-state index contributed by atoms with van der Waals surface area (Å²) in [7, 11) is 4.59. The van der Waals surface area contributed by atoms with Crippen molar-refractivity contribution in [3.63, 3.8) is 0 Å². The zero-order chi connectivity index (χ0) is 19.2. The Morgan fingerprint density at radius 1 is 0.889 bits per heavy atom. The van der Waals surface area contributed by atoms with Crippen LogP contribution in [-0.2, 0) is 4.84 Å². The third kappa shape index (κ3) is 4.24. The first-order valence-electron chi connectivity index (χ1n) is 8.04. The van der Waals surface area contributed by atoms with Gasteiger partial charge in [-0.15, -0.1) is 0 Å². The number of anilines is 3. The number of hydrogen-bond acceptors (Lipinski definition) is 7. The van der Waals surface area contributed by atoms with Gasteiger partial charge in [0.05, 0.1) is 27.0 Å². The highest BCUT2D eigenvalue weighted by Gasteiger charge is 2.10. The fourth-order valence-electron chi connectivity index (χ4n) is 2.57. The van der Waals surface area contributed by atoms with E-state index in [2.05, 4.69) is 20.8 Å². The molecule has 0 atom stereocenters. The SMILES string of the molecule is CONc1cc(Nc2cc(-c3ccc(F)cc3OC)ncn2)ccc1OC. The Morgan fingerprint density at radius 3 is 2.44 bits per heavy atom. The average molecular weight is 370 g/mol. The second kappa shape index (κ2) is 8.33. The Hall–Kier alpha value is -3.39. The van der Waals surface area contributed by atoms with Crippen LogP contribution in [0.4, 0.5) is 21.6 Å². The Labute approximate surface area is 156 Å². The molecule has 1 heterocycles. The summed E-state index contributed by atoms with van der Waals surface area (Å²) in [6.45, 7) is 0. The number of methoxy groups -OCH3 is 2. The van der Waals surface area contributed by atoms with Crippen molar-refractivity contribution in [2.24, 2.45) is 0 Å². The van der Waals surface area contributed by atoms with Gasteiger partial charge in [-0.25, -0.2) is 14.4 Å². The van der Waals surface area contributed by atoms with Gasteiger partial charge in [-0.3, -0.25) is 10.3 Å². The van der Waals surface area contributed by atoms with E-state index in [1.54, 1.807) is 25.3 Å². The number of hydrogen-bond donors (Lipinski definition) is 2. The van der Waals surface area contributed by atoms with Gasteiger partial charge in [0.1, 0.15) is 35.1 Å². The molecular formula is C19H19FN4O3. The van der Waals surface area contributed by atoms with Crippen LogP contribution in [0.25, 0.3) is 11.3 Å². The van der Waals surface area contributed by atoms with Crippen LogP contribution in [0.5, 0.6) is 11.5 Å². The molecule has 0 amide bonds. The highest BCUT2D eigenvalue weighted by atomic mass is 19.1. The van der Waals surface area contributed by atoms with E-state index in [4.69, 9.17) is 14.3 Å². The molecule has 0 aliphatic carbocycles. The van der Waals surface area contributed by atoms with Gasteiger partial charge in [0.2, 0.25) is 0 Å². The van der Waals surface area contributed by atoms with Crippen molar-refractivity contribution in [3.8, 4) is 22.8 Å². The summed E-state index contributed by atoms with van der Waals surface area (Å²) < 4.78 is 24.0. The molecule has 3 rings (SSSR count). The van der Waals surface area contributed by atoms with Gasteiger partial charge in [-0.2, -0.15) is 0 Å². The van der Waals surface area contributed by atoms with E-state index in [1.165, 1.54) is 32.7 Å². The van der Waals surface area contributed by atoms with E-state index in [0.29, 0.717) is 34.3 Å². The summed E-state index contributed by atoms with van der Waals surface area (Å²) in [5, 5.41) is 3.20. The Balaban J connectivity index is 1.90. The van der Waals surface area contributed by atoms with Crippen molar-refractivity contribution in [1.82, 2.24) is 9.97 Å².